The van der Waals surface area contributed by atoms with Gasteiger partial charge in [-0.2, -0.15) is 5.10 Å². The molecule has 0 saturated heterocycles. The number of aryl methyl sites for hydroxylation is 1. The normalized spacial score (nSPS) is 16.7. The number of pyridine rings is 1. The van der Waals surface area contributed by atoms with Crippen molar-refractivity contribution in [2.75, 3.05) is 12.4 Å². The van der Waals surface area contributed by atoms with E-state index in [-0.39, 0.29) is 24.8 Å². The smallest absolute Gasteiger partial charge is 0.274 e. The Kier molecular flexibility index (Phi) is 4.94. The zero-order chi connectivity index (χ0) is 20.6. The molecule has 1 amide bonds. The molecule has 6 nitrogen and oxygen atoms in total. The van der Waals surface area contributed by atoms with E-state index in [4.69, 9.17) is 4.74 Å². The van der Waals surface area contributed by atoms with E-state index < -0.39 is 5.92 Å². The van der Waals surface area contributed by atoms with Crippen LogP contribution in [0.4, 0.5) is 14.5 Å². The Bertz CT molecular complexity index is 1050. The molecule has 1 aliphatic rings. The Hall–Kier alpha value is -3.03. The maximum Gasteiger partial charge on any atom is 0.274 e. The lowest BCUT2D eigenvalue weighted by Crippen LogP contribution is -2.26. The van der Waals surface area contributed by atoms with Crippen LogP contribution in [0, 0.1) is 6.92 Å². The van der Waals surface area contributed by atoms with Gasteiger partial charge in [-0.3, -0.25) is 9.48 Å². The minimum Gasteiger partial charge on any atom is -0.494 e. The summed E-state index contributed by atoms with van der Waals surface area (Å²) in [6, 6.07) is 8.70. The third kappa shape index (κ3) is 4.06. The van der Waals surface area contributed by atoms with Crippen LogP contribution in [-0.2, 0) is 0 Å². The number of nitrogens with one attached hydrogen (secondary N) is 1. The van der Waals surface area contributed by atoms with Crippen LogP contribution >= 0.6 is 0 Å². The van der Waals surface area contributed by atoms with Gasteiger partial charge >= 0.3 is 0 Å². The van der Waals surface area contributed by atoms with Crippen LogP contribution in [0.1, 0.15) is 47.9 Å². The number of nitrogens with zero attached hydrogens (tertiary/aromatic N) is 3. The average molecular weight is 400 g/mol. The lowest BCUT2D eigenvalue weighted by Gasteiger charge is -2.28. The van der Waals surface area contributed by atoms with Crippen LogP contribution < -0.4 is 10.1 Å². The first-order valence-corrected chi connectivity index (χ1v) is 9.54. The third-order valence-corrected chi connectivity index (χ3v) is 5.27. The summed E-state index contributed by atoms with van der Waals surface area (Å²) in [7, 11) is 1.52. The second-order valence-corrected chi connectivity index (χ2v) is 7.43. The molecule has 3 aromatic rings. The fraction of sp³-hybridized carbons (Fsp3) is 0.381. The van der Waals surface area contributed by atoms with Gasteiger partial charge in [-0.05, 0) is 38.0 Å². The summed E-state index contributed by atoms with van der Waals surface area (Å²) < 4.78 is 34.1. The van der Waals surface area contributed by atoms with Crippen LogP contribution in [0.3, 0.4) is 0 Å². The van der Waals surface area contributed by atoms with Gasteiger partial charge in [0.1, 0.15) is 11.4 Å². The SMILES string of the molecule is COc1cc2nn(C3CCC(F)(F)CC3)cc2cc1NC(=O)c1cccc(C)n1. The van der Waals surface area contributed by atoms with Crippen molar-refractivity contribution in [3.05, 3.63) is 47.9 Å². The number of fused-ring (bicyclic) bond motifs is 1. The number of rotatable bonds is 4. The Morgan fingerprint density at radius 3 is 2.72 bits per heavy atom. The molecular weight excluding hydrogens is 378 g/mol. The number of carbonyl (C=O) groups excluding carboxylic acids is 1. The third-order valence-electron chi connectivity index (χ3n) is 5.27. The molecular formula is C21H22F2N4O2. The Morgan fingerprint density at radius 1 is 1.28 bits per heavy atom. The number of halogens is 2. The minimum absolute atomic E-state index is 0.0532. The van der Waals surface area contributed by atoms with Crippen molar-refractivity contribution in [1.82, 2.24) is 14.8 Å². The summed E-state index contributed by atoms with van der Waals surface area (Å²) >= 11 is 0. The highest BCUT2D eigenvalue weighted by Gasteiger charge is 2.35. The standard InChI is InChI=1S/C21H22F2N4O2/c1-13-4-3-5-16(24-13)20(28)25-18-10-14-12-27(26-17(14)11-19(18)29-2)15-6-8-21(22,23)9-7-15/h3-5,10-12,15H,6-9H2,1-2H3,(H,25,28). The van der Waals surface area contributed by atoms with Crippen molar-refractivity contribution < 1.29 is 18.3 Å². The predicted octanol–water partition coefficient (Wildman–Crippen LogP) is 4.75. The van der Waals surface area contributed by atoms with Gasteiger partial charge in [0.2, 0.25) is 5.92 Å². The van der Waals surface area contributed by atoms with Crippen LogP contribution in [0.15, 0.2) is 36.5 Å². The number of anilines is 1. The van der Waals surface area contributed by atoms with Crippen molar-refractivity contribution in [3.8, 4) is 5.75 Å². The molecule has 1 N–H and O–H groups in total. The summed E-state index contributed by atoms with van der Waals surface area (Å²) in [5.41, 5.74) is 2.25. The van der Waals surface area contributed by atoms with Gasteiger partial charge < -0.3 is 10.1 Å². The molecule has 8 heteroatoms. The monoisotopic (exact) mass is 400 g/mol. The van der Waals surface area contributed by atoms with E-state index in [1.165, 1.54) is 7.11 Å². The zero-order valence-electron chi connectivity index (χ0n) is 16.3. The second-order valence-electron chi connectivity index (χ2n) is 7.43. The quantitative estimate of drug-likeness (QED) is 0.686. The highest BCUT2D eigenvalue weighted by Crippen LogP contribution is 2.39. The van der Waals surface area contributed by atoms with Gasteiger partial charge in [0, 0.05) is 36.2 Å². The van der Waals surface area contributed by atoms with Crippen molar-refractivity contribution in [2.24, 2.45) is 0 Å². The van der Waals surface area contributed by atoms with Crippen LogP contribution in [0.25, 0.3) is 10.9 Å². The number of ether oxygens (including phenoxy) is 1. The number of hydrogen-bond acceptors (Lipinski definition) is 4. The highest BCUT2D eigenvalue weighted by molar-refractivity contribution is 6.05. The average Bonchev–Trinajstić information content (AvgIpc) is 3.10. The van der Waals surface area contributed by atoms with Gasteiger partial charge in [0.25, 0.3) is 5.91 Å². The van der Waals surface area contributed by atoms with Crippen molar-refractivity contribution in [1.29, 1.82) is 0 Å². The number of amides is 1. The van der Waals surface area contributed by atoms with E-state index >= 15 is 0 Å². The lowest BCUT2D eigenvalue weighted by atomic mass is 9.92. The summed E-state index contributed by atoms with van der Waals surface area (Å²) in [6.07, 6.45) is 2.37. The van der Waals surface area contributed by atoms with E-state index in [0.717, 1.165) is 11.1 Å². The molecule has 1 fully saturated rings. The molecule has 29 heavy (non-hydrogen) atoms. The maximum atomic E-state index is 13.4. The topological polar surface area (TPSA) is 69.0 Å². The Balaban J connectivity index is 1.60. The highest BCUT2D eigenvalue weighted by atomic mass is 19.3. The van der Waals surface area contributed by atoms with Gasteiger partial charge in [0.15, 0.2) is 0 Å². The molecule has 1 saturated carbocycles. The molecule has 152 valence electrons. The first kappa shape index (κ1) is 19.3. The van der Waals surface area contributed by atoms with Gasteiger partial charge in [-0.25, -0.2) is 13.8 Å². The first-order valence-electron chi connectivity index (χ1n) is 9.54. The fourth-order valence-corrected chi connectivity index (χ4v) is 3.67. The Labute approximate surface area is 166 Å². The van der Waals surface area contributed by atoms with E-state index in [1.54, 1.807) is 28.9 Å². The van der Waals surface area contributed by atoms with Crippen LogP contribution in [0.5, 0.6) is 5.75 Å². The largest absolute Gasteiger partial charge is 0.494 e. The number of methoxy groups -OCH3 is 1. The molecule has 2 heterocycles. The summed E-state index contributed by atoms with van der Waals surface area (Å²) in [5, 5.41) is 8.19. The lowest BCUT2D eigenvalue weighted by molar-refractivity contribution is -0.0449. The number of carbonyl (C=O) groups is 1. The number of hydrogen-bond donors (Lipinski definition) is 1. The molecule has 0 aliphatic heterocycles. The second kappa shape index (κ2) is 7.42. The number of benzene rings is 1. The van der Waals surface area contributed by atoms with Crippen LogP contribution in [0.2, 0.25) is 0 Å². The van der Waals surface area contributed by atoms with E-state index in [9.17, 15) is 13.6 Å². The first-order chi connectivity index (χ1) is 13.8. The minimum atomic E-state index is -2.58. The van der Waals surface area contributed by atoms with Crippen molar-refractivity contribution >= 4 is 22.5 Å². The van der Waals surface area contributed by atoms with Gasteiger partial charge in [0.05, 0.1) is 24.4 Å². The molecule has 0 bridgehead atoms. The molecule has 1 aliphatic carbocycles. The molecule has 0 radical (unpaired) electrons. The predicted molar refractivity (Wildman–Crippen MR) is 106 cm³/mol. The molecule has 0 unspecified atom stereocenters. The zero-order valence-corrected chi connectivity index (χ0v) is 16.3. The Morgan fingerprint density at radius 2 is 2.03 bits per heavy atom. The van der Waals surface area contributed by atoms with Gasteiger partial charge in [-0.15, -0.1) is 0 Å². The molecule has 2 aromatic heterocycles. The summed E-state index contributed by atoms with van der Waals surface area (Å²) in [4.78, 5) is 16.8. The summed E-state index contributed by atoms with van der Waals surface area (Å²) in [6.45, 7) is 1.82. The maximum absolute atomic E-state index is 13.4. The molecule has 0 atom stereocenters. The van der Waals surface area contributed by atoms with Crippen LogP contribution in [-0.4, -0.2) is 33.7 Å². The number of alkyl halides is 2. The van der Waals surface area contributed by atoms with Crippen molar-refractivity contribution in [2.45, 2.75) is 44.6 Å². The fourth-order valence-electron chi connectivity index (χ4n) is 3.67. The molecule has 4 rings (SSSR count). The van der Waals surface area contributed by atoms with E-state index in [0.29, 0.717) is 35.5 Å². The molecule has 0 spiro atoms. The van der Waals surface area contributed by atoms with E-state index in [1.807, 2.05) is 19.2 Å². The van der Waals surface area contributed by atoms with E-state index in [2.05, 4.69) is 15.4 Å². The van der Waals surface area contributed by atoms with Crippen molar-refractivity contribution in [3.63, 3.8) is 0 Å². The summed E-state index contributed by atoms with van der Waals surface area (Å²) in [5.74, 6) is -2.44. The van der Waals surface area contributed by atoms with Gasteiger partial charge in [-0.1, -0.05) is 6.07 Å². The number of aromatic nitrogens is 3. The molecule has 1 aromatic carbocycles.